The van der Waals surface area contributed by atoms with Gasteiger partial charge in [-0.3, -0.25) is 0 Å². The Morgan fingerprint density at radius 1 is 1.00 bits per heavy atom. The molecule has 0 aromatic heterocycles. The maximum absolute atomic E-state index is 5.22. The summed E-state index contributed by atoms with van der Waals surface area (Å²) in [6.45, 7) is 0. The van der Waals surface area contributed by atoms with Crippen molar-refractivity contribution >= 4 is 0 Å². The van der Waals surface area contributed by atoms with Crippen LogP contribution in [0.5, 0.6) is 0 Å². The van der Waals surface area contributed by atoms with E-state index >= 15 is 0 Å². The van der Waals surface area contributed by atoms with E-state index in [2.05, 4.69) is 12.2 Å². The van der Waals surface area contributed by atoms with Crippen LogP contribution in [0.1, 0.15) is 12.8 Å². The van der Waals surface area contributed by atoms with E-state index in [1.54, 1.807) is 14.2 Å². The molecule has 1 fully saturated rings. The van der Waals surface area contributed by atoms with E-state index < -0.39 is 0 Å². The standard InChI is InChI=1S/C10H14O2/c1-11-9-5-7-3-4-8(7)6-10(9)12-2/h5-8H,3-4H2,1-2H3. The van der Waals surface area contributed by atoms with E-state index in [0.29, 0.717) is 11.8 Å². The minimum absolute atomic E-state index is 0.707. The Morgan fingerprint density at radius 2 is 1.42 bits per heavy atom. The van der Waals surface area contributed by atoms with E-state index in [9.17, 15) is 0 Å². The number of rotatable bonds is 2. The fourth-order valence-electron chi connectivity index (χ4n) is 1.86. The molecule has 0 N–H and O–H groups in total. The predicted octanol–water partition coefficient (Wildman–Crippen LogP) is 2.09. The molecule has 0 amide bonds. The molecule has 2 unspecified atom stereocenters. The zero-order valence-electron chi connectivity index (χ0n) is 7.54. The summed E-state index contributed by atoms with van der Waals surface area (Å²) in [5, 5.41) is 0. The Labute approximate surface area is 72.9 Å². The molecule has 1 saturated carbocycles. The summed E-state index contributed by atoms with van der Waals surface area (Å²) < 4.78 is 10.4. The summed E-state index contributed by atoms with van der Waals surface area (Å²) in [5.41, 5.74) is 0. The maximum Gasteiger partial charge on any atom is 0.156 e. The second-order valence-corrected chi connectivity index (χ2v) is 3.38. The molecule has 66 valence electrons. The third-order valence-electron chi connectivity index (χ3n) is 2.80. The molecule has 0 aliphatic heterocycles. The second kappa shape index (κ2) is 2.85. The second-order valence-electron chi connectivity index (χ2n) is 3.38. The molecule has 0 aromatic rings. The molecule has 0 radical (unpaired) electrons. The molecular weight excluding hydrogens is 152 g/mol. The topological polar surface area (TPSA) is 18.5 Å². The van der Waals surface area contributed by atoms with Crippen LogP contribution >= 0.6 is 0 Å². The summed E-state index contributed by atoms with van der Waals surface area (Å²) in [6, 6.07) is 0. The average Bonchev–Trinajstić information content (AvgIpc) is 2.07. The average molecular weight is 166 g/mol. The monoisotopic (exact) mass is 166 g/mol. The first-order valence-electron chi connectivity index (χ1n) is 4.37. The summed E-state index contributed by atoms with van der Waals surface area (Å²) in [5.74, 6) is 3.22. The zero-order valence-corrected chi connectivity index (χ0v) is 7.54. The molecule has 2 heteroatoms. The van der Waals surface area contributed by atoms with Gasteiger partial charge in [-0.25, -0.2) is 0 Å². The molecule has 2 atom stereocenters. The lowest BCUT2D eigenvalue weighted by Gasteiger charge is -2.36. The van der Waals surface area contributed by atoms with Crippen LogP contribution in [-0.2, 0) is 9.47 Å². The van der Waals surface area contributed by atoms with Crippen LogP contribution in [0.15, 0.2) is 23.7 Å². The Balaban J connectivity index is 2.19. The van der Waals surface area contributed by atoms with Crippen molar-refractivity contribution in [3.8, 4) is 0 Å². The molecule has 0 saturated heterocycles. The first kappa shape index (κ1) is 7.71. The SMILES string of the molecule is COC1=CC2CCC2C=C1OC. The molecule has 0 bridgehead atoms. The normalized spacial score (nSPS) is 32.5. The highest BCUT2D eigenvalue weighted by molar-refractivity contribution is 5.29. The summed E-state index contributed by atoms with van der Waals surface area (Å²) in [6.07, 6.45) is 6.97. The number of ether oxygens (including phenoxy) is 2. The van der Waals surface area contributed by atoms with E-state index in [1.807, 2.05) is 0 Å². The van der Waals surface area contributed by atoms with Crippen LogP contribution in [0.25, 0.3) is 0 Å². The number of hydrogen-bond acceptors (Lipinski definition) is 2. The van der Waals surface area contributed by atoms with Crippen molar-refractivity contribution in [1.29, 1.82) is 0 Å². The van der Waals surface area contributed by atoms with Crippen LogP contribution in [0.3, 0.4) is 0 Å². The molecule has 12 heavy (non-hydrogen) atoms. The van der Waals surface area contributed by atoms with Crippen molar-refractivity contribution in [2.24, 2.45) is 11.8 Å². The Kier molecular flexibility index (Phi) is 1.83. The van der Waals surface area contributed by atoms with E-state index in [0.717, 1.165) is 11.5 Å². The highest BCUT2D eigenvalue weighted by atomic mass is 16.5. The number of methoxy groups -OCH3 is 2. The molecule has 0 aromatic carbocycles. The van der Waals surface area contributed by atoms with Gasteiger partial charge in [0, 0.05) is 0 Å². The van der Waals surface area contributed by atoms with Crippen molar-refractivity contribution in [2.75, 3.05) is 14.2 Å². The summed E-state index contributed by atoms with van der Waals surface area (Å²) in [4.78, 5) is 0. The Morgan fingerprint density at radius 3 is 1.67 bits per heavy atom. The fourth-order valence-corrected chi connectivity index (χ4v) is 1.86. The van der Waals surface area contributed by atoms with Crippen molar-refractivity contribution in [1.82, 2.24) is 0 Å². The van der Waals surface area contributed by atoms with E-state index in [-0.39, 0.29) is 0 Å². The first-order chi connectivity index (χ1) is 5.85. The van der Waals surface area contributed by atoms with Crippen molar-refractivity contribution in [2.45, 2.75) is 12.8 Å². The molecule has 0 spiro atoms. The van der Waals surface area contributed by atoms with Gasteiger partial charge in [0.05, 0.1) is 14.2 Å². The zero-order chi connectivity index (χ0) is 8.55. The molecule has 2 aliphatic carbocycles. The number of fused-ring (bicyclic) bond motifs is 1. The minimum atomic E-state index is 0.707. The van der Waals surface area contributed by atoms with Crippen LogP contribution < -0.4 is 0 Å². The van der Waals surface area contributed by atoms with Gasteiger partial charge in [0.1, 0.15) is 0 Å². The Bertz CT molecular complexity index is 214. The van der Waals surface area contributed by atoms with Crippen LogP contribution in [0.4, 0.5) is 0 Å². The molecule has 2 aliphatic rings. The lowest BCUT2D eigenvalue weighted by Crippen LogP contribution is -2.26. The van der Waals surface area contributed by atoms with Gasteiger partial charge in [-0.15, -0.1) is 0 Å². The van der Waals surface area contributed by atoms with Gasteiger partial charge in [-0.1, -0.05) is 0 Å². The van der Waals surface area contributed by atoms with Gasteiger partial charge in [0.2, 0.25) is 0 Å². The minimum Gasteiger partial charge on any atom is -0.493 e. The quantitative estimate of drug-likeness (QED) is 0.625. The van der Waals surface area contributed by atoms with Gasteiger partial charge in [0.25, 0.3) is 0 Å². The van der Waals surface area contributed by atoms with Gasteiger partial charge < -0.3 is 9.47 Å². The summed E-state index contributed by atoms with van der Waals surface area (Å²) >= 11 is 0. The first-order valence-corrected chi connectivity index (χ1v) is 4.37. The molecule has 2 rings (SSSR count). The smallest absolute Gasteiger partial charge is 0.156 e. The highest BCUT2D eigenvalue weighted by Gasteiger charge is 2.32. The number of hydrogen-bond donors (Lipinski definition) is 0. The Hall–Kier alpha value is -0.920. The fraction of sp³-hybridized carbons (Fsp3) is 0.600. The highest BCUT2D eigenvalue weighted by Crippen LogP contribution is 2.42. The predicted molar refractivity (Wildman–Crippen MR) is 46.4 cm³/mol. The maximum atomic E-state index is 5.22. The van der Waals surface area contributed by atoms with Gasteiger partial charge in [0.15, 0.2) is 11.5 Å². The van der Waals surface area contributed by atoms with Crippen molar-refractivity contribution < 1.29 is 9.47 Å². The molecule has 2 nitrogen and oxygen atoms in total. The third-order valence-corrected chi connectivity index (χ3v) is 2.80. The molecule has 0 heterocycles. The number of allylic oxidation sites excluding steroid dienone is 2. The largest absolute Gasteiger partial charge is 0.493 e. The lowest BCUT2D eigenvalue weighted by atomic mass is 9.71. The van der Waals surface area contributed by atoms with Gasteiger partial charge >= 0.3 is 0 Å². The van der Waals surface area contributed by atoms with Crippen LogP contribution in [0, 0.1) is 11.8 Å². The van der Waals surface area contributed by atoms with E-state index in [4.69, 9.17) is 9.47 Å². The summed E-state index contributed by atoms with van der Waals surface area (Å²) in [7, 11) is 3.38. The van der Waals surface area contributed by atoms with Crippen LogP contribution in [-0.4, -0.2) is 14.2 Å². The molecular formula is C10H14O2. The third kappa shape index (κ3) is 1.02. The van der Waals surface area contributed by atoms with Gasteiger partial charge in [-0.2, -0.15) is 0 Å². The van der Waals surface area contributed by atoms with Crippen molar-refractivity contribution in [3.05, 3.63) is 23.7 Å². The lowest BCUT2D eigenvalue weighted by molar-refractivity contribution is 0.183. The van der Waals surface area contributed by atoms with Gasteiger partial charge in [-0.05, 0) is 36.8 Å². The van der Waals surface area contributed by atoms with E-state index in [1.165, 1.54) is 12.8 Å². The van der Waals surface area contributed by atoms with Crippen molar-refractivity contribution in [3.63, 3.8) is 0 Å². The van der Waals surface area contributed by atoms with Crippen LogP contribution in [0.2, 0.25) is 0 Å².